The first-order valence-electron chi connectivity index (χ1n) is 6.28. The van der Waals surface area contributed by atoms with Gasteiger partial charge in [0.25, 0.3) is 0 Å². The molecule has 0 aromatic heterocycles. The van der Waals surface area contributed by atoms with Crippen LogP contribution in [0.25, 0.3) is 0 Å². The van der Waals surface area contributed by atoms with Gasteiger partial charge in [0.05, 0.1) is 5.41 Å². The van der Waals surface area contributed by atoms with Crippen LogP contribution >= 0.6 is 0 Å². The number of hydrogen-bond acceptors (Lipinski definition) is 3. The Hall–Kier alpha value is -1.71. The van der Waals surface area contributed by atoms with E-state index in [0.717, 1.165) is 12.0 Å². The van der Waals surface area contributed by atoms with Gasteiger partial charge in [-0.1, -0.05) is 13.0 Å². The maximum Gasteiger partial charge on any atom is 0.314 e. The minimum atomic E-state index is -0.740. The highest BCUT2D eigenvalue weighted by molar-refractivity contribution is 5.83. The van der Waals surface area contributed by atoms with E-state index in [4.69, 9.17) is 9.47 Å². The van der Waals surface area contributed by atoms with Crippen LogP contribution in [0.3, 0.4) is 0 Å². The summed E-state index contributed by atoms with van der Waals surface area (Å²) < 4.78 is 11.0. The molecule has 1 aliphatic carbocycles. The summed E-state index contributed by atoms with van der Waals surface area (Å²) in [5.41, 5.74) is 0.0912. The van der Waals surface area contributed by atoms with Crippen molar-refractivity contribution in [3.8, 4) is 11.5 Å². The molecule has 1 heterocycles. The zero-order chi connectivity index (χ0) is 12.8. The SMILES string of the molecule is CC1CCC1(C(=O)O)c1ccc2c(c1)OCCO2. The van der Waals surface area contributed by atoms with Crippen LogP contribution in [0, 0.1) is 5.92 Å². The van der Waals surface area contributed by atoms with Gasteiger partial charge >= 0.3 is 5.97 Å². The van der Waals surface area contributed by atoms with Crippen molar-refractivity contribution < 1.29 is 19.4 Å². The third-order valence-electron chi connectivity index (χ3n) is 4.25. The minimum Gasteiger partial charge on any atom is -0.486 e. The van der Waals surface area contributed by atoms with Crippen molar-refractivity contribution in [3.05, 3.63) is 23.8 Å². The van der Waals surface area contributed by atoms with E-state index in [-0.39, 0.29) is 5.92 Å². The van der Waals surface area contributed by atoms with Crippen molar-refractivity contribution >= 4 is 5.97 Å². The van der Waals surface area contributed by atoms with Crippen LogP contribution in [-0.4, -0.2) is 24.3 Å². The van der Waals surface area contributed by atoms with Gasteiger partial charge in [0, 0.05) is 0 Å². The van der Waals surface area contributed by atoms with Gasteiger partial charge in [-0.3, -0.25) is 4.79 Å². The summed E-state index contributed by atoms with van der Waals surface area (Å²) in [4.78, 5) is 11.6. The number of carbonyl (C=O) groups is 1. The molecule has 2 atom stereocenters. The first-order valence-corrected chi connectivity index (χ1v) is 6.28. The molecule has 0 spiro atoms. The molecule has 1 aromatic carbocycles. The minimum absolute atomic E-state index is 0.164. The number of hydrogen-bond donors (Lipinski definition) is 1. The van der Waals surface area contributed by atoms with Gasteiger partial charge in [0.2, 0.25) is 0 Å². The molecule has 1 fully saturated rings. The molecular formula is C14H16O4. The maximum atomic E-state index is 11.6. The zero-order valence-electron chi connectivity index (χ0n) is 10.3. The number of ether oxygens (including phenoxy) is 2. The van der Waals surface area contributed by atoms with E-state index in [1.165, 1.54) is 0 Å². The monoisotopic (exact) mass is 248 g/mol. The van der Waals surface area contributed by atoms with Crippen molar-refractivity contribution in [2.24, 2.45) is 5.92 Å². The Kier molecular flexibility index (Phi) is 2.47. The lowest BCUT2D eigenvalue weighted by molar-refractivity contribution is -0.151. The zero-order valence-corrected chi connectivity index (χ0v) is 10.3. The molecule has 4 heteroatoms. The van der Waals surface area contributed by atoms with E-state index in [2.05, 4.69) is 0 Å². The van der Waals surface area contributed by atoms with Gasteiger partial charge in [-0.15, -0.1) is 0 Å². The highest BCUT2D eigenvalue weighted by Crippen LogP contribution is 2.50. The molecule has 1 aromatic rings. The summed E-state index contributed by atoms with van der Waals surface area (Å²) in [6.07, 6.45) is 1.66. The molecular weight excluding hydrogens is 232 g/mol. The predicted molar refractivity (Wildman–Crippen MR) is 65.1 cm³/mol. The van der Waals surface area contributed by atoms with Crippen molar-refractivity contribution in [2.75, 3.05) is 13.2 Å². The third kappa shape index (κ3) is 1.41. The van der Waals surface area contributed by atoms with Crippen molar-refractivity contribution in [1.29, 1.82) is 0 Å². The van der Waals surface area contributed by atoms with Crippen molar-refractivity contribution in [1.82, 2.24) is 0 Å². The number of carboxylic acids is 1. The highest BCUT2D eigenvalue weighted by atomic mass is 16.6. The molecule has 1 saturated carbocycles. The van der Waals surface area contributed by atoms with Crippen LogP contribution in [0.2, 0.25) is 0 Å². The fraction of sp³-hybridized carbons (Fsp3) is 0.500. The Labute approximate surface area is 106 Å². The summed E-state index contributed by atoms with van der Waals surface area (Å²) in [6, 6.07) is 5.51. The molecule has 0 saturated heterocycles. The fourth-order valence-corrected chi connectivity index (χ4v) is 2.91. The molecule has 0 amide bonds. The number of carboxylic acid groups (broad SMARTS) is 1. The second-order valence-corrected chi connectivity index (χ2v) is 5.07. The molecule has 1 N–H and O–H groups in total. The van der Waals surface area contributed by atoms with Crippen molar-refractivity contribution in [2.45, 2.75) is 25.2 Å². The van der Waals surface area contributed by atoms with Gasteiger partial charge in [-0.2, -0.15) is 0 Å². The highest BCUT2D eigenvalue weighted by Gasteiger charge is 2.52. The fourth-order valence-electron chi connectivity index (χ4n) is 2.91. The van der Waals surface area contributed by atoms with Crippen LogP contribution < -0.4 is 9.47 Å². The quantitative estimate of drug-likeness (QED) is 0.871. The van der Waals surface area contributed by atoms with E-state index in [9.17, 15) is 9.90 Å². The maximum absolute atomic E-state index is 11.6. The average Bonchev–Trinajstić information content (AvgIpc) is 2.37. The van der Waals surface area contributed by atoms with Gasteiger partial charge in [0.1, 0.15) is 13.2 Å². The lowest BCUT2D eigenvalue weighted by Gasteiger charge is -2.45. The Morgan fingerprint density at radius 1 is 1.33 bits per heavy atom. The van der Waals surface area contributed by atoms with Crippen LogP contribution in [0.4, 0.5) is 0 Å². The molecule has 96 valence electrons. The third-order valence-corrected chi connectivity index (χ3v) is 4.25. The van der Waals surface area contributed by atoms with E-state index in [1.807, 2.05) is 25.1 Å². The summed E-state index contributed by atoms with van der Waals surface area (Å²) in [6.45, 7) is 3.06. The number of aliphatic carboxylic acids is 1. The first-order chi connectivity index (χ1) is 8.64. The Bertz CT molecular complexity index is 497. The normalized spacial score (nSPS) is 29.5. The van der Waals surface area contributed by atoms with Crippen molar-refractivity contribution in [3.63, 3.8) is 0 Å². The summed E-state index contributed by atoms with van der Waals surface area (Å²) >= 11 is 0. The van der Waals surface area contributed by atoms with Gasteiger partial charge < -0.3 is 14.6 Å². The molecule has 1 aliphatic heterocycles. The lowest BCUT2D eigenvalue weighted by atomic mass is 9.57. The van der Waals surface area contributed by atoms with Crippen LogP contribution in [0.15, 0.2) is 18.2 Å². The second kappa shape index (κ2) is 3.90. The summed E-state index contributed by atoms with van der Waals surface area (Å²) in [5.74, 6) is 0.798. The van der Waals surface area contributed by atoms with E-state index < -0.39 is 11.4 Å². The molecule has 18 heavy (non-hydrogen) atoms. The standard InChI is InChI=1S/C14H16O4/c1-9-4-5-14(9,13(15)16)10-2-3-11-12(8-10)18-7-6-17-11/h2-3,8-9H,4-7H2,1H3,(H,15,16). The predicted octanol–water partition coefficient (Wildman–Crippen LogP) is 2.21. The molecule has 2 aliphatic rings. The van der Waals surface area contributed by atoms with Gasteiger partial charge in [-0.25, -0.2) is 0 Å². The summed E-state index contributed by atoms with van der Waals surface area (Å²) in [5, 5.41) is 9.54. The molecule has 2 unspecified atom stereocenters. The average molecular weight is 248 g/mol. The van der Waals surface area contributed by atoms with E-state index >= 15 is 0 Å². The largest absolute Gasteiger partial charge is 0.486 e. The lowest BCUT2D eigenvalue weighted by Crippen LogP contribution is -2.49. The molecule has 0 bridgehead atoms. The van der Waals surface area contributed by atoms with Crippen LogP contribution in [-0.2, 0) is 10.2 Å². The topological polar surface area (TPSA) is 55.8 Å². The van der Waals surface area contributed by atoms with E-state index in [1.54, 1.807) is 0 Å². The molecule has 4 nitrogen and oxygen atoms in total. The Morgan fingerprint density at radius 2 is 2.06 bits per heavy atom. The Morgan fingerprint density at radius 3 is 2.61 bits per heavy atom. The second-order valence-electron chi connectivity index (χ2n) is 5.07. The Balaban J connectivity index is 2.03. The van der Waals surface area contributed by atoms with Crippen LogP contribution in [0.1, 0.15) is 25.3 Å². The molecule has 3 rings (SSSR count). The van der Waals surface area contributed by atoms with Gasteiger partial charge in [-0.05, 0) is 36.5 Å². The number of fused-ring (bicyclic) bond motifs is 1. The van der Waals surface area contributed by atoms with Crippen LogP contribution in [0.5, 0.6) is 11.5 Å². The number of benzene rings is 1. The molecule has 0 radical (unpaired) electrons. The van der Waals surface area contributed by atoms with E-state index in [0.29, 0.717) is 31.1 Å². The van der Waals surface area contributed by atoms with Gasteiger partial charge in [0.15, 0.2) is 11.5 Å². The number of rotatable bonds is 2. The first kappa shape index (κ1) is 11.4. The summed E-state index contributed by atoms with van der Waals surface area (Å²) in [7, 11) is 0. The smallest absolute Gasteiger partial charge is 0.314 e.